The van der Waals surface area contributed by atoms with Gasteiger partial charge in [-0.25, -0.2) is 13.6 Å². The summed E-state index contributed by atoms with van der Waals surface area (Å²) in [5.41, 5.74) is 9.27. The van der Waals surface area contributed by atoms with Crippen LogP contribution in [0.2, 0.25) is 0 Å². The first kappa shape index (κ1) is 24.0. The summed E-state index contributed by atoms with van der Waals surface area (Å²) in [6, 6.07) is 21.4. The van der Waals surface area contributed by atoms with Gasteiger partial charge in [-0.1, -0.05) is 54.3 Å². The van der Waals surface area contributed by atoms with Crippen LogP contribution in [0.5, 0.6) is 0 Å². The van der Waals surface area contributed by atoms with Crippen molar-refractivity contribution < 1.29 is 8.42 Å². The lowest BCUT2D eigenvalue weighted by molar-refractivity contribution is 0.598. The zero-order valence-electron chi connectivity index (χ0n) is 16.9. The van der Waals surface area contributed by atoms with Crippen molar-refractivity contribution in [3.05, 3.63) is 83.9 Å². The molecule has 0 spiro atoms. The molecule has 0 bridgehead atoms. The summed E-state index contributed by atoms with van der Waals surface area (Å²) in [5, 5.41) is 12.9. The van der Waals surface area contributed by atoms with Crippen LogP contribution >= 0.6 is 12.4 Å². The van der Waals surface area contributed by atoms with Crippen LogP contribution in [-0.4, -0.2) is 27.8 Å². The van der Waals surface area contributed by atoms with E-state index in [4.69, 9.17) is 16.3 Å². The Hall–Kier alpha value is -3.31. The van der Waals surface area contributed by atoms with Crippen LogP contribution in [0.1, 0.15) is 11.1 Å². The van der Waals surface area contributed by atoms with Crippen molar-refractivity contribution in [1.82, 2.24) is 0 Å². The number of primary sulfonamides is 1. The molecule has 0 aliphatic rings. The standard InChI is InChI=1S/C23H22N4O2S.ClH/c1-27(20-8-4-7-19(16-20)23(24)25)15-5-6-17-11-13-18(14-12-17)21-9-2-3-10-22(21)30(26,28)29;/h2-4,7-14,16H,15H2,1H3,(H3,24,25)(H2,26,28,29);1H. The smallest absolute Gasteiger partial charge is 0.238 e. The highest BCUT2D eigenvalue weighted by Gasteiger charge is 2.14. The summed E-state index contributed by atoms with van der Waals surface area (Å²) in [5.74, 6) is 6.25. The van der Waals surface area contributed by atoms with Crippen molar-refractivity contribution in [2.75, 3.05) is 18.5 Å². The largest absolute Gasteiger partial charge is 0.384 e. The molecular weight excluding hydrogens is 432 g/mol. The molecule has 0 unspecified atom stereocenters. The zero-order chi connectivity index (χ0) is 21.7. The normalized spacial score (nSPS) is 10.4. The molecule has 3 aromatic rings. The Bertz CT molecular complexity index is 1250. The van der Waals surface area contributed by atoms with Crippen LogP contribution in [-0.2, 0) is 10.0 Å². The maximum Gasteiger partial charge on any atom is 0.238 e. The molecule has 160 valence electrons. The van der Waals surface area contributed by atoms with Gasteiger partial charge in [-0.05, 0) is 35.9 Å². The van der Waals surface area contributed by atoms with E-state index in [1.54, 1.807) is 24.3 Å². The predicted molar refractivity (Wildman–Crippen MR) is 128 cm³/mol. The van der Waals surface area contributed by atoms with Gasteiger partial charge in [-0.15, -0.1) is 12.4 Å². The summed E-state index contributed by atoms with van der Waals surface area (Å²) >= 11 is 0. The first-order chi connectivity index (χ1) is 14.3. The van der Waals surface area contributed by atoms with Crippen molar-refractivity contribution in [3.63, 3.8) is 0 Å². The van der Waals surface area contributed by atoms with E-state index in [9.17, 15) is 8.42 Å². The minimum atomic E-state index is -3.80. The fourth-order valence-electron chi connectivity index (χ4n) is 2.95. The molecule has 0 amide bonds. The minimum absolute atomic E-state index is 0. The quantitative estimate of drug-likeness (QED) is 0.312. The molecule has 0 radical (unpaired) electrons. The van der Waals surface area contributed by atoms with Gasteiger partial charge in [0.15, 0.2) is 0 Å². The number of benzene rings is 3. The molecule has 0 fully saturated rings. The van der Waals surface area contributed by atoms with Gasteiger partial charge in [0.1, 0.15) is 5.84 Å². The Morgan fingerprint density at radius 1 is 1.03 bits per heavy atom. The van der Waals surface area contributed by atoms with Gasteiger partial charge in [0.2, 0.25) is 10.0 Å². The molecule has 31 heavy (non-hydrogen) atoms. The van der Waals surface area contributed by atoms with Crippen molar-refractivity contribution in [3.8, 4) is 23.0 Å². The van der Waals surface area contributed by atoms with Crippen LogP contribution in [0.4, 0.5) is 5.69 Å². The lowest BCUT2D eigenvalue weighted by Gasteiger charge is -2.16. The Labute approximate surface area is 188 Å². The van der Waals surface area contributed by atoms with Crippen LogP contribution in [0.25, 0.3) is 11.1 Å². The molecule has 8 heteroatoms. The Morgan fingerprint density at radius 3 is 2.35 bits per heavy atom. The fraction of sp³-hybridized carbons (Fsp3) is 0.0870. The predicted octanol–water partition coefficient (Wildman–Crippen LogP) is 3.19. The van der Waals surface area contributed by atoms with Crippen molar-refractivity contribution in [2.45, 2.75) is 4.90 Å². The minimum Gasteiger partial charge on any atom is -0.384 e. The maximum absolute atomic E-state index is 11.8. The molecule has 0 saturated carbocycles. The molecule has 0 aliphatic heterocycles. The highest BCUT2D eigenvalue weighted by Crippen LogP contribution is 2.26. The first-order valence-electron chi connectivity index (χ1n) is 9.12. The highest BCUT2D eigenvalue weighted by molar-refractivity contribution is 7.89. The van der Waals surface area contributed by atoms with E-state index in [-0.39, 0.29) is 23.1 Å². The SMILES string of the molecule is CN(CC#Cc1ccc(-c2ccccc2S(N)(=O)=O)cc1)c1cccc(C(=N)N)c1.Cl. The van der Waals surface area contributed by atoms with Gasteiger partial charge in [0, 0.05) is 29.4 Å². The molecule has 0 saturated heterocycles. The molecule has 0 aromatic heterocycles. The number of nitrogens with zero attached hydrogens (tertiary/aromatic N) is 1. The summed E-state index contributed by atoms with van der Waals surface area (Å²) in [7, 11) is -1.89. The van der Waals surface area contributed by atoms with Crippen molar-refractivity contribution in [2.24, 2.45) is 10.9 Å². The summed E-state index contributed by atoms with van der Waals surface area (Å²) in [6.07, 6.45) is 0. The first-order valence-corrected chi connectivity index (χ1v) is 10.7. The zero-order valence-corrected chi connectivity index (χ0v) is 18.5. The molecule has 0 aliphatic carbocycles. The van der Waals surface area contributed by atoms with Gasteiger partial charge >= 0.3 is 0 Å². The molecular formula is C23H23ClN4O2S. The van der Waals surface area contributed by atoms with Gasteiger partial charge in [-0.2, -0.15) is 0 Å². The van der Waals surface area contributed by atoms with Crippen LogP contribution in [0.15, 0.2) is 77.7 Å². The number of hydrogen-bond acceptors (Lipinski definition) is 4. The second-order valence-corrected chi connectivity index (χ2v) is 8.27. The summed E-state index contributed by atoms with van der Waals surface area (Å²) in [6.45, 7) is 0.497. The molecule has 5 N–H and O–H groups in total. The number of anilines is 1. The Kier molecular flexibility index (Phi) is 7.83. The number of rotatable bonds is 5. The third kappa shape index (κ3) is 6.09. The van der Waals surface area contributed by atoms with Crippen LogP contribution in [0.3, 0.4) is 0 Å². The van der Waals surface area contributed by atoms with E-state index in [1.165, 1.54) is 6.07 Å². The van der Waals surface area contributed by atoms with E-state index in [2.05, 4.69) is 11.8 Å². The summed E-state index contributed by atoms with van der Waals surface area (Å²) in [4.78, 5) is 2.06. The Balaban J connectivity index is 0.00000341. The number of amidine groups is 1. The fourth-order valence-corrected chi connectivity index (χ4v) is 3.71. The average Bonchev–Trinajstić information content (AvgIpc) is 2.73. The van der Waals surface area contributed by atoms with Gasteiger partial charge < -0.3 is 10.6 Å². The molecule has 0 atom stereocenters. The lowest BCUT2D eigenvalue weighted by Crippen LogP contribution is -2.18. The summed E-state index contributed by atoms with van der Waals surface area (Å²) < 4.78 is 23.6. The number of sulfonamides is 1. The number of nitrogens with one attached hydrogen (secondary N) is 1. The lowest BCUT2D eigenvalue weighted by atomic mass is 10.0. The highest BCUT2D eigenvalue weighted by atomic mass is 35.5. The van der Waals surface area contributed by atoms with E-state index >= 15 is 0 Å². The second-order valence-electron chi connectivity index (χ2n) is 6.74. The van der Waals surface area contributed by atoms with Crippen LogP contribution in [0, 0.1) is 17.3 Å². The molecule has 3 aromatic carbocycles. The second kappa shape index (κ2) is 10.1. The number of nitrogens with two attached hydrogens (primary N) is 2. The Morgan fingerprint density at radius 2 is 1.71 bits per heavy atom. The monoisotopic (exact) mass is 454 g/mol. The number of hydrogen-bond donors (Lipinski definition) is 3. The molecule has 3 rings (SSSR count). The van der Waals surface area contributed by atoms with Gasteiger partial charge in [-0.3, -0.25) is 5.41 Å². The topological polar surface area (TPSA) is 113 Å². The molecule has 0 heterocycles. The maximum atomic E-state index is 11.8. The van der Waals surface area contributed by atoms with E-state index in [0.29, 0.717) is 17.7 Å². The van der Waals surface area contributed by atoms with Crippen molar-refractivity contribution >= 4 is 34.0 Å². The van der Waals surface area contributed by atoms with E-state index < -0.39 is 10.0 Å². The van der Waals surface area contributed by atoms with Crippen LogP contribution < -0.4 is 15.8 Å². The molecule has 6 nitrogen and oxygen atoms in total. The van der Waals surface area contributed by atoms with Gasteiger partial charge in [0.25, 0.3) is 0 Å². The van der Waals surface area contributed by atoms with Gasteiger partial charge in [0.05, 0.1) is 11.4 Å². The van der Waals surface area contributed by atoms with Crippen molar-refractivity contribution in [1.29, 1.82) is 5.41 Å². The third-order valence-corrected chi connectivity index (χ3v) is 5.51. The van der Waals surface area contributed by atoms with E-state index in [0.717, 1.165) is 16.8 Å². The number of halogens is 1. The average molecular weight is 455 g/mol. The van der Waals surface area contributed by atoms with E-state index in [1.807, 2.05) is 54.4 Å². The third-order valence-electron chi connectivity index (χ3n) is 4.54. The number of nitrogen functional groups attached to an aromatic ring is 1.